The van der Waals surface area contributed by atoms with Crippen molar-refractivity contribution in [3.8, 4) is 11.5 Å². The van der Waals surface area contributed by atoms with Crippen LogP contribution in [-0.4, -0.2) is 38.2 Å². The topological polar surface area (TPSA) is 87.0 Å². The Labute approximate surface area is 164 Å². The van der Waals surface area contributed by atoms with Crippen LogP contribution in [0.3, 0.4) is 0 Å². The lowest BCUT2D eigenvalue weighted by atomic mass is 10.1. The number of hydrogen-bond acceptors (Lipinski definition) is 6. The predicted molar refractivity (Wildman–Crippen MR) is 104 cm³/mol. The first-order valence-electron chi connectivity index (χ1n) is 9.16. The van der Waals surface area contributed by atoms with Crippen LogP contribution in [0.15, 0.2) is 47.1 Å². The molecule has 2 aromatic rings. The Morgan fingerprint density at radius 2 is 1.89 bits per heavy atom. The standard InChI is InChI=1S/C21H25NO6/c1-3-25-18-9-7-16(14-19(18)26-4-2)11-12-22-20(23)15-28-21(24)10-8-17-6-5-13-27-17/h5-10,13-14H,3-4,11-12,15H2,1-2H3,(H,22,23)/b10-8-. The molecule has 150 valence electrons. The van der Waals surface area contributed by atoms with Crippen molar-refractivity contribution in [3.63, 3.8) is 0 Å². The SMILES string of the molecule is CCOc1ccc(CCNC(=O)COC(=O)/C=C\c2ccco2)cc1OCC. The van der Waals surface area contributed by atoms with Crippen molar-refractivity contribution in [2.24, 2.45) is 0 Å². The molecule has 28 heavy (non-hydrogen) atoms. The third kappa shape index (κ3) is 7.19. The molecule has 0 atom stereocenters. The number of amides is 1. The predicted octanol–water partition coefficient (Wildman–Crippen LogP) is 2.99. The number of esters is 1. The van der Waals surface area contributed by atoms with Crippen LogP contribution in [0, 0.1) is 0 Å². The fraction of sp³-hybridized carbons (Fsp3) is 0.333. The largest absolute Gasteiger partial charge is 0.490 e. The minimum Gasteiger partial charge on any atom is -0.490 e. The van der Waals surface area contributed by atoms with Crippen LogP contribution in [-0.2, 0) is 20.7 Å². The lowest BCUT2D eigenvalue weighted by Crippen LogP contribution is -2.30. The van der Waals surface area contributed by atoms with Crippen molar-refractivity contribution < 1.29 is 28.2 Å². The maximum Gasteiger partial charge on any atom is 0.331 e. The van der Waals surface area contributed by atoms with Gasteiger partial charge in [-0.15, -0.1) is 0 Å². The van der Waals surface area contributed by atoms with Crippen molar-refractivity contribution in [1.29, 1.82) is 0 Å². The van der Waals surface area contributed by atoms with E-state index in [-0.39, 0.29) is 12.5 Å². The van der Waals surface area contributed by atoms with Crippen LogP contribution in [0.5, 0.6) is 11.5 Å². The molecule has 0 saturated carbocycles. The number of nitrogens with one attached hydrogen (secondary N) is 1. The lowest BCUT2D eigenvalue weighted by molar-refractivity contribution is -0.143. The van der Waals surface area contributed by atoms with Gasteiger partial charge >= 0.3 is 5.97 Å². The molecule has 1 amide bonds. The zero-order chi connectivity index (χ0) is 20.2. The fourth-order valence-corrected chi connectivity index (χ4v) is 2.37. The molecule has 0 spiro atoms. The van der Waals surface area contributed by atoms with Crippen LogP contribution in [0.25, 0.3) is 6.08 Å². The van der Waals surface area contributed by atoms with Gasteiger partial charge in [0.2, 0.25) is 0 Å². The van der Waals surface area contributed by atoms with Gasteiger partial charge in [-0.3, -0.25) is 4.79 Å². The summed E-state index contributed by atoms with van der Waals surface area (Å²) in [7, 11) is 0. The normalized spacial score (nSPS) is 10.6. The highest BCUT2D eigenvalue weighted by Crippen LogP contribution is 2.28. The molecule has 0 aliphatic rings. The molecule has 0 aliphatic heterocycles. The molecule has 1 N–H and O–H groups in total. The van der Waals surface area contributed by atoms with Gasteiger partial charge < -0.3 is 23.9 Å². The molecular weight excluding hydrogens is 362 g/mol. The summed E-state index contributed by atoms with van der Waals surface area (Å²) in [5.74, 6) is 0.940. The summed E-state index contributed by atoms with van der Waals surface area (Å²) < 4.78 is 21.1. The Kier molecular flexibility index (Phi) is 8.65. The van der Waals surface area contributed by atoms with E-state index in [1.165, 1.54) is 18.4 Å². The molecule has 0 aliphatic carbocycles. The van der Waals surface area contributed by atoms with Crippen molar-refractivity contribution in [2.75, 3.05) is 26.4 Å². The first kappa shape index (κ1) is 21.1. The Morgan fingerprint density at radius 3 is 2.61 bits per heavy atom. The van der Waals surface area contributed by atoms with Gasteiger partial charge in [-0.25, -0.2) is 4.79 Å². The lowest BCUT2D eigenvalue weighted by Gasteiger charge is -2.12. The van der Waals surface area contributed by atoms with E-state index < -0.39 is 5.97 Å². The number of carbonyl (C=O) groups is 2. The zero-order valence-corrected chi connectivity index (χ0v) is 16.1. The average Bonchev–Trinajstić information content (AvgIpc) is 3.21. The highest BCUT2D eigenvalue weighted by atomic mass is 16.5. The number of carbonyl (C=O) groups excluding carboxylic acids is 2. The van der Waals surface area contributed by atoms with Gasteiger partial charge in [0, 0.05) is 12.6 Å². The highest BCUT2D eigenvalue weighted by molar-refractivity contribution is 5.88. The third-order valence-electron chi connectivity index (χ3n) is 3.62. The molecule has 1 aromatic heterocycles. The maximum absolute atomic E-state index is 11.8. The van der Waals surface area contributed by atoms with Crippen LogP contribution >= 0.6 is 0 Å². The van der Waals surface area contributed by atoms with E-state index in [0.29, 0.717) is 43.4 Å². The van der Waals surface area contributed by atoms with Crippen molar-refractivity contribution in [3.05, 3.63) is 54.0 Å². The molecule has 7 nitrogen and oxygen atoms in total. The van der Waals surface area contributed by atoms with Crippen LogP contribution in [0.4, 0.5) is 0 Å². The summed E-state index contributed by atoms with van der Waals surface area (Å²) in [6.45, 7) is 5.00. The Hall–Kier alpha value is -3.22. The molecule has 0 radical (unpaired) electrons. The van der Waals surface area contributed by atoms with Crippen molar-refractivity contribution in [2.45, 2.75) is 20.3 Å². The summed E-state index contributed by atoms with van der Waals surface area (Å²) >= 11 is 0. The molecule has 0 saturated heterocycles. The van der Waals surface area contributed by atoms with E-state index in [1.807, 2.05) is 32.0 Å². The molecule has 2 rings (SSSR count). The molecule has 1 heterocycles. The molecule has 0 bridgehead atoms. The van der Waals surface area contributed by atoms with E-state index in [1.54, 1.807) is 12.1 Å². The van der Waals surface area contributed by atoms with E-state index in [9.17, 15) is 9.59 Å². The van der Waals surface area contributed by atoms with E-state index in [4.69, 9.17) is 18.6 Å². The van der Waals surface area contributed by atoms with E-state index in [0.717, 1.165) is 5.56 Å². The van der Waals surface area contributed by atoms with Crippen molar-refractivity contribution in [1.82, 2.24) is 5.32 Å². The van der Waals surface area contributed by atoms with Gasteiger partial charge in [-0.2, -0.15) is 0 Å². The Bertz CT molecular complexity index is 782. The number of benzene rings is 1. The minimum absolute atomic E-state index is 0.338. The Morgan fingerprint density at radius 1 is 1.11 bits per heavy atom. The second-order valence-corrected chi connectivity index (χ2v) is 5.70. The molecule has 7 heteroatoms. The van der Waals surface area contributed by atoms with Gasteiger partial charge in [-0.05, 0) is 56.2 Å². The van der Waals surface area contributed by atoms with Crippen LogP contribution in [0.1, 0.15) is 25.2 Å². The van der Waals surface area contributed by atoms with Crippen molar-refractivity contribution >= 4 is 18.0 Å². The molecule has 0 fully saturated rings. The summed E-state index contributed by atoms with van der Waals surface area (Å²) in [5, 5.41) is 2.72. The third-order valence-corrected chi connectivity index (χ3v) is 3.62. The molecular formula is C21H25NO6. The zero-order valence-electron chi connectivity index (χ0n) is 16.1. The maximum atomic E-state index is 11.8. The minimum atomic E-state index is -0.612. The second kappa shape index (κ2) is 11.5. The number of hydrogen-bond donors (Lipinski definition) is 1. The quantitative estimate of drug-likeness (QED) is 0.471. The monoisotopic (exact) mass is 387 g/mol. The number of ether oxygens (including phenoxy) is 3. The summed E-state index contributed by atoms with van der Waals surface area (Å²) in [5.41, 5.74) is 1.01. The van der Waals surface area contributed by atoms with Gasteiger partial charge in [-0.1, -0.05) is 6.07 Å². The Balaban J connectivity index is 1.72. The number of furan rings is 1. The summed E-state index contributed by atoms with van der Waals surface area (Å²) in [4.78, 5) is 23.4. The van der Waals surface area contributed by atoms with Crippen LogP contribution < -0.4 is 14.8 Å². The van der Waals surface area contributed by atoms with Gasteiger partial charge in [0.15, 0.2) is 18.1 Å². The van der Waals surface area contributed by atoms with Gasteiger partial charge in [0.25, 0.3) is 5.91 Å². The fourth-order valence-electron chi connectivity index (χ4n) is 2.37. The molecule has 0 unspecified atom stereocenters. The van der Waals surface area contributed by atoms with E-state index in [2.05, 4.69) is 5.32 Å². The molecule has 1 aromatic carbocycles. The number of rotatable bonds is 11. The summed E-state index contributed by atoms with van der Waals surface area (Å²) in [6, 6.07) is 9.10. The van der Waals surface area contributed by atoms with Crippen LogP contribution in [0.2, 0.25) is 0 Å². The van der Waals surface area contributed by atoms with E-state index >= 15 is 0 Å². The summed E-state index contributed by atoms with van der Waals surface area (Å²) in [6.07, 6.45) is 4.80. The first-order valence-corrected chi connectivity index (χ1v) is 9.16. The van der Waals surface area contributed by atoms with Gasteiger partial charge in [0.1, 0.15) is 5.76 Å². The second-order valence-electron chi connectivity index (χ2n) is 5.70. The average molecular weight is 387 g/mol. The highest BCUT2D eigenvalue weighted by Gasteiger charge is 2.08. The smallest absolute Gasteiger partial charge is 0.331 e. The van der Waals surface area contributed by atoms with Gasteiger partial charge in [0.05, 0.1) is 19.5 Å². The first-order chi connectivity index (χ1) is 13.6.